The minimum Gasteiger partial charge on any atom is -0.444 e. The van der Waals surface area contributed by atoms with Crippen molar-refractivity contribution in [1.82, 2.24) is 15.5 Å². The van der Waals surface area contributed by atoms with Gasteiger partial charge in [0.05, 0.1) is 0 Å². The fraction of sp³-hybridized carbons (Fsp3) is 0.667. The second-order valence-corrected chi connectivity index (χ2v) is 12.0. The summed E-state index contributed by atoms with van der Waals surface area (Å²) in [6, 6.07) is 5.73. The fourth-order valence-corrected chi connectivity index (χ4v) is 4.14. The average molecular weight is 508 g/mol. The molecule has 2 N–H and O–H groups in total. The molecule has 1 rings (SSSR count). The van der Waals surface area contributed by atoms with Crippen LogP contribution in [0, 0.1) is 6.92 Å². The molecule has 0 bridgehead atoms. The van der Waals surface area contributed by atoms with Crippen LogP contribution in [0.4, 0.5) is 4.79 Å². The zero-order chi connectivity index (χ0) is 27.0. The first-order valence-electron chi connectivity index (χ1n) is 12.3. The van der Waals surface area contributed by atoms with Crippen LogP contribution in [-0.2, 0) is 14.3 Å². The number of alkyl carbamates (subject to hydrolysis) is 1. The number of ether oxygens (including phenoxy) is 1. The Hall–Kier alpha value is -2.22. The number of nitrogens with zero attached hydrogens (tertiary/aromatic N) is 1. The zero-order valence-electron chi connectivity index (χ0n) is 23.2. The Morgan fingerprint density at radius 2 is 1.69 bits per heavy atom. The highest BCUT2D eigenvalue weighted by molar-refractivity contribution is 7.98. The maximum atomic E-state index is 14.1. The topological polar surface area (TPSA) is 87.7 Å². The largest absolute Gasteiger partial charge is 0.444 e. The Morgan fingerprint density at radius 1 is 1.09 bits per heavy atom. The van der Waals surface area contributed by atoms with Crippen LogP contribution in [0.1, 0.15) is 85.4 Å². The lowest BCUT2D eigenvalue weighted by molar-refractivity contribution is -0.145. The Bertz CT molecular complexity index is 861. The lowest BCUT2D eigenvalue weighted by Crippen LogP contribution is -2.57. The summed E-state index contributed by atoms with van der Waals surface area (Å²) in [5.41, 5.74) is 0.520. The molecule has 198 valence electrons. The number of nitrogens with one attached hydrogen (secondary N) is 2. The van der Waals surface area contributed by atoms with Gasteiger partial charge in [-0.05, 0) is 91.4 Å². The van der Waals surface area contributed by atoms with E-state index in [0.29, 0.717) is 18.6 Å². The third kappa shape index (κ3) is 10.1. The lowest BCUT2D eigenvalue weighted by atomic mass is 9.95. The molecule has 0 aliphatic carbocycles. The molecule has 1 aromatic carbocycles. The number of hydrogen-bond donors (Lipinski definition) is 2. The van der Waals surface area contributed by atoms with Gasteiger partial charge in [-0.2, -0.15) is 11.8 Å². The quantitative estimate of drug-likeness (QED) is 0.453. The van der Waals surface area contributed by atoms with Crippen LogP contribution in [0.2, 0.25) is 0 Å². The number of carbonyl (C=O) groups excluding carboxylic acids is 3. The normalized spacial score (nSPS) is 14.5. The summed E-state index contributed by atoms with van der Waals surface area (Å²) < 4.78 is 5.44. The average Bonchev–Trinajstić information content (AvgIpc) is 2.72. The van der Waals surface area contributed by atoms with Crippen LogP contribution >= 0.6 is 11.8 Å². The summed E-state index contributed by atoms with van der Waals surface area (Å²) in [4.78, 5) is 42.1. The molecule has 7 nitrogen and oxygen atoms in total. The van der Waals surface area contributed by atoms with Gasteiger partial charge < -0.3 is 20.3 Å². The van der Waals surface area contributed by atoms with E-state index < -0.39 is 29.3 Å². The van der Waals surface area contributed by atoms with Crippen LogP contribution in [0.25, 0.3) is 0 Å². The molecule has 0 aliphatic heterocycles. The molecular weight excluding hydrogens is 462 g/mol. The Labute approximate surface area is 216 Å². The number of hydrogen-bond acceptors (Lipinski definition) is 5. The van der Waals surface area contributed by atoms with Crippen molar-refractivity contribution in [1.29, 1.82) is 0 Å². The van der Waals surface area contributed by atoms with Crippen molar-refractivity contribution in [2.75, 3.05) is 12.0 Å². The van der Waals surface area contributed by atoms with Crippen molar-refractivity contribution >= 4 is 29.7 Å². The maximum absolute atomic E-state index is 14.1. The predicted molar refractivity (Wildman–Crippen MR) is 145 cm³/mol. The van der Waals surface area contributed by atoms with E-state index in [1.54, 1.807) is 37.4 Å². The van der Waals surface area contributed by atoms with Crippen LogP contribution in [0.15, 0.2) is 24.3 Å². The summed E-state index contributed by atoms with van der Waals surface area (Å²) >= 11 is 1.59. The van der Waals surface area contributed by atoms with Gasteiger partial charge in [0.1, 0.15) is 17.7 Å². The highest BCUT2D eigenvalue weighted by atomic mass is 32.2. The highest BCUT2D eigenvalue weighted by Crippen LogP contribution is 2.29. The number of aryl methyl sites for hydroxylation is 1. The van der Waals surface area contributed by atoms with Crippen molar-refractivity contribution in [3.63, 3.8) is 0 Å². The van der Waals surface area contributed by atoms with Gasteiger partial charge in [0.2, 0.25) is 11.8 Å². The molecule has 8 heteroatoms. The molecule has 0 radical (unpaired) electrons. The van der Waals surface area contributed by atoms with Crippen LogP contribution in [0.5, 0.6) is 0 Å². The number of benzene rings is 1. The van der Waals surface area contributed by atoms with E-state index >= 15 is 0 Å². The molecule has 0 fully saturated rings. The van der Waals surface area contributed by atoms with Gasteiger partial charge in [-0.25, -0.2) is 4.79 Å². The molecule has 3 atom stereocenters. The van der Waals surface area contributed by atoms with Crippen LogP contribution < -0.4 is 10.6 Å². The maximum Gasteiger partial charge on any atom is 0.408 e. The molecule has 0 saturated heterocycles. The molecule has 0 heterocycles. The Kier molecular flexibility index (Phi) is 11.6. The number of carbonyl (C=O) groups is 3. The smallest absolute Gasteiger partial charge is 0.408 e. The van der Waals surface area contributed by atoms with E-state index in [0.717, 1.165) is 11.1 Å². The van der Waals surface area contributed by atoms with E-state index in [2.05, 4.69) is 10.6 Å². The third-order valence-electron chi connectivity index (χ3n) is 5.43. The van der Waals surface area contributed by atoms with Gasteiger partial charge in [0.15, 0.2) is 0 Å². The third-order valence-corrected chi connectivity index (χ3v) is 6.07. The van der Waals surface area contributed by atoms with Crippen molar-refractivity contribution < 1.29 is 19.1 Å². The Morgan fingerprint density at radius 3 is 2.17 bits per heavy atom. The zero-order valence-corrected chi connectivity index (χ0v) is 24.0. The van der Waals surface area contributed by atoms with Crippen LogP contribution in [0.3, 0.4) is 0 Å². The first kappa shape index (κ1) is 30.8. The number of thioether (sulfide) groups is 1. The molecule has 0 aliphatic rings. The van der Waals surface area contributed by atoms with Crippen LogP contribution in [-0.4, -0.2) is 58.0 Å². The first-order chi connectivity index (χ1) is 16.1. The summed E-state index contributed by atoms with van der Waals surface area (Å²) in [5.74, 6) is 0.127. The monoisotopic (exact) mass is 507 g/mol. The minimum absolute atomic E-state index is 0.241. The number of rotatable bonds is 10. The van der Waals surface area contributed by atoms with Crippen molar-refractivity contribution in [2.24, 2.45) is 0 Å². The van der Waals surface area contributed by atoms with Crippen molar-refractivity contribution in [2.45, 2.75) is 104 Å². The summed E-state index contributed by atoms with van der Waals surface area (Å²) in [7, 11) is 0. The highest BCUT2D eigenvalue weighted by Gasteiger charge is 2.39. The standard InChI is InChI=1S/C27H45N3O4S/c1-11-19(3)30(24(32)21(16-17-35-10)28-25(33)34-27(7,8)9)22(23(31)29-26(4,5)6)20-15-13-12-14-18(20)2/h12-15,19,21-22H,11,16-17H2,1-10H3,(H,28,33)(H,29,31). The molecule has 1 aromatic rings. The fourth-order valence-electron chi connectivity index (χ4n) is 3.67. The molecule has 3 unspecified atom stereocenters. The van der Waals surface area contributed by atoms with E-state index in [1.807, 2.05) is 72.1 Å². The van der Waals surface area contributed by atoms with Gasteiger partial charge in [-0.15, -0.1) is 0 Å². The van der Waals surface area contributed by atoms with E-state index in [4.69, 9.17) is 4.74 Å². The summed E-state index contributed by atoms with van der Waals surface area (Å²) in [6.45, 7) is 17.0. The Balaban J connectivity index is 3.55. The molecule has 35 heavy (non-hydrogen) atoms. The van der Waals surface area contributed by atoms with Gasteiger partial charge in [0, 0.05) is 11.6 Å². The molecule has 3 amide bonds. The predicted octanol–water partition coefficient (Wildman–Crippen LogP) is 5.22. The second kappa shape index (κ2) is 13.2. The van der Waals surface area contributed by atoms with E-state index in [9.17, 15) is 14.4 Å². The molecular formula is C27H45N3O4S. The van der Waals surface area contributed by atoms with Gasteiger partial charge in [-0.1, -0.05) is 31.2 Å². The summed E-state index contributed by atoms with van der Waals surface area (Å²) in [5, 5.41) is 5.84. The summed E-state index contributed by atoms with van der Waals surface area (Å²) in [6.07, 6.45) is 2.38. The first-order valence-corrected chi connectivity index (χ1v) is 13.7. The van der Waals surface area contributed by atoms with E-state index in [1.165, 1.54) is 0 Å². The van der Waals surface area contributed by atoms with Gasteiger partial charge in [-0.3, -0.25) is 9.59 Å². The number of amides is 3. The second-order valence-electron chi connectivity index (χ2n) is 11.0. The molecule has 0 spiro atoms. The van der Waals surface area contributed by atoms with Crippen molar-refractivity contribution in [3.8, 4) is 0 Å². The molecule has 0 aromatic heterocycles. The van der Waals surface area contributed by atoms with Gasteiger partial charge >= 0.3 is 6.09 Å². The van der Waals surface area contributed by atoms with Crippen molar-refractivity contribution in [3.05, 3.63) is 35.4 Å². The van der Waals surface area contributed by atoms with Gasteiger partial charge in [0.25, 0.3) is 0 Å². The van der Waals surface area contributed by atoms with E-state index in [-0.39, 0.29) is 17.9 Å². The SMILES string of the molecule is CCC(C)N(C(=O)C(CCSC)NC(=O)OC(C)(C)C)C(C(=O)NC(C)(C)C)c1ccccc1C. The molecule has 0 saturated carbocycles. The minimum atomic E-state index is -0.838. The lowest BCUT2D eigenvalue weighted by Gasteiger charge is -2.39.